The van der Waals surface area contributed by atoms with Crippen molar-refractivity contribution in [1.82, 2.24) is 10.3 Å². The van der Waals surface area contributed by atoms with E-state index in [1.54, 1.807) is 43.3 Å². The van der Waals surface area contributed by atoms with Crippen LogP contribution in [0.15, 0.2) is 54.7 Å². The third-order valence-corrected chi connectivity index (χ3v) is 5.04. The highest BCUT2D eigenvalue weighted by atomic mass is 35.5. The highest BCUT2D eigenvalue weighted by Crippen LogP contribution is 2.29. The van der Waals surface area contributed by atoms with Crippen molar-refractivity contribution in [3.8, 4) is 11.6 Å². The second-order valence-corrected chi connectivity index (χ2v) is 7.45. The summed E-state index contributed by atoms with van der Waals surface area (Å²) >= 11 is 12.2. The van der Waals surface area contributed by atoms with Gasteiger partial charge in [-0.15, -0.1) is 0 Å². The van der Waals surface area contributed by atoms with E-state index in [0.29, 0.717) is 16.3 Å². The quantitative estimate of drug-likeness (QED) is 0.510. The zero-order chi connectivity index (χ0) is 21.8. The van der Waals surface area contributed by atoms with Crippen molar-refractivity contribution in [1.29, 1.82) is 0 Å². The van der Waals surface area contributed by atoms with Crippen molar-refractivity contribution in [2.45, 2.75) is 19.9 Å². The molecule has 0 aliphatic heterocycles. The maximum Gasteiger partial charge on any atom is 0.336 e. The van der Waals surface area contributed by atoms with Gasteiger partial charge in [-0.1, -0.05) is 47.5 Å². The van der Waals surface area contributed by atoms with Gasteiger partial charge in [-0.25, -0.2) is 9.78 Å². The number of nitrogens with one attached hydrogen (secondary N) is 1. The molecule has 3 aromatic rings. The van der Waals surface area contributed by atoms with Gasteiger partial charge in [-0.3, -0.25) is 4.79 Å². The molecular formula is C22H18Cl2N2O4. The fourth-order valence-electron chi connectivity index (χ4n) is 2.84. The fraction of sp³-hybridized carbons (Fsp3) is 0.136. The second-order valence-electron chi connectivity index (χ2n) is 6.61. The topological polar surface area (TPSA) is 88.5 Å². The van der Waals surface area contributed by atoms with Crippen molar-refractivity contribution < 1.29 is 19.4 Å². The van der Waals surface area contributed by atoms with E-state index in [0.717, 1.165) is 5.56 Å². The summed E-state index contributed by atoms with van der Waals surface area (Å²) in [6.45, 7) is 3.56. The molecule has 3 rings (SSSR count). The van der Waals surface area contributed by atoms with Gasteiger partial charge in [0.1, 0.15) is 11.3 Å². The van der Waals surface area contributed by atoms with Crippen LogP contribution < -0.4 is 10.1 Å². The normalized spacial score (nSPS) is 11.6. The number of rotatable bonds is 6. The summed E-state index contributed by atoms with van der Waals surface area (Å²) < 4.78 is 5.76. The Kier molecular flexibility index (Phi) is 6.59. The van der Waals surface area contributed by atoms with Gasteiger partial charge in [-0.2, -0.15) is 0 Å². The van der Waals surface area contributed by atoms with E-state index in [1.807, 2.05) is 6.92 Å². The number of benzene rings is 2. The molecule has 1 atom stereocenters. The Morgan fingerprint density at radius 3 is 2.53 bits per heavy atom. The highest BCUT2D eigenvalue weighted by Gasteiger charge is 2.21. The van der Waals surface area contributed by atoms with Gasteiger partial charge in [0.2, 0.25) is 5.88 Å². The van der Waals surface area contributed by atoms with Crippen molar-refractivity contribution in [3.05, 3.63) is 87.0 Å². The van der Waals surface area contributed by atoms with E-state index in [4.69, 9.17) is 27.9 Å². The first kappa shape index (κ1) is 21.6. The van der Waals surface area contributed by atoms with E-state index >= 15 is 0 Å². The minimum Gasteiger partial charge on any atom is -0.478 e. The summed E-state index contributed by atoms with van der Waals surface area (Å²) in [4.78, 5) is 28.5. The van der Waals surface area contributed by atoms with Crippen LogP contribution in [0.4, 0.5) is 0 Å². The molecule has 0 saturated carbocycles. The third-order valence-electron chi connectivity index (χ3n) is 4.43. The first-order chi connectivity index (χ1) is 14.3. The van der Waals surface area contributed by atoms with E-state index in [-0.39, 0.29) is 22.0 Å². The monoisotopic (exact) mass is 444 g/mol. The predicted molar refractivity (Wildman–Crippen MR) is 115 cm³/mol. The summed E-state index contributed by atoms with van der Waals surface area (Å²) in [5.41, 5.74) is 1.58. The molecule has 154 valence electrons. The lowest BCUT2D eigenvalue weighted by molar-refractivity contribution is 0.0693. The molecule has 6 nitrogen and oxygen atoms in total. The number of carboxylic acids is 1. The molecule has 0 spiro atoms. The predicted octanol–water partition coefficient (Wildman–Crippen LogP) is 5.68. The summed E-state index contributed by atoms with van der Waals surface area (Å²) in [6.07, 6.45) is 1.37. The molecule has 0 unspecified atom stereocenters. The zero-order valence-electron chi connectivity index (χ0n) is 16.1. The van der Waals surface area contributed by atoms with Crippen molar-refractivity contribution in [3.63, 3.8) is 0 Å². The van der Waals surface area contributed by atoms with Crippen LogP contribution in [0.25, 0.3) is 0 Å². The molecule has 2 N–H and O–H groups in total. The molecule has 0 aliphatic carbocycles. The second kappa shape index (κ2) is 9.15. The van der Waals surface area contributed by atoms with Crippen LogP contribution in [0.1, 0.15) is 44.8 Å². The lowest BCUT2D eigenvalue weighted by atomic mass is 10.0. The first-order valence-corrected chi connectivity index (χ1v) is 9.74. The molecule has 0 aliphatic rings. The van der Waals surface area contributed by atoms with Crippen LogP contribution in [0.3, 0.4) is 0 Å². The number of aromatic nitrogens is 1. The molecule has 1 heterocycles. The van der Waals surface area contributed by atoms with E-state index in [9.17, 15) is 14.7 Å². The van der Waals surface area contributed by atoms with Crippen LogP contribution in [0, 0.1) is 6.92 Å². The Labute approximate surface area is 183 Å². The van der Waals surface area contributed by atoms with Gasteiger partial charge in [0.05, 0.1) is 16.6 Å². The molecule has 1 amide bonds. The summed E-state index contributed by atoms with van der Waals surface area (Å²) in [5.74, 6) is -1.11. The zero-order valence-corrected chi connectivity index (χ0v) is 17.7. The number of hydrogen-bond donors (Lipinski definition) is 2. The van der Waals surface area contributed by atoms with Crippen LogP contribution in [0.5, 0.6) is 11.6 Å². The number of ether oxygens (including phenoxy) is 1. The van der Waals surface area contributed by atoms with E-state index in [1.165, 1.54) is 18.3 Å². The SMILES string of the molecule is Cc1ccc(Oc2ncc(Cl)cc2C(=O)N[C@@H](C)c2ccccc2C(=O)O)cc1Cl. The van der Waals surface area contributed by atoms with Crippen molar-refractivity contribution in [2.75, 3.05) is 0 Å². The molecule has 1 aromatic heterocycles. The number of aryl methyl sites for hydroxylation is 1. The number of carbonyl (C=O) groups excluding carboxylic acids is 1. The molecule has 0 saturated heterocycles. The molecule has 2 aromatic carbocycles. The lowest BCUT2D eigenvalue weighted by Crippen LogP contribution is -2.28. The summed E-state index contributed by atoms with van der Waals surface area (Å²) in [5, 5.41) is 12.9. The molecule has 0 fully saturated rings. The van der Waals surface area contributed by atoms with Crippen molar-refractivity contribution >= 4 is 35.1 Å². The molecule has 30 heavy (non-hydrogen) atoms. The third kappa shape index (κ3) is 4.90. The lowest BCUT2D eigenvalue weighted by Gasteiger charge is -2.17. The van der Waals surface area contributed by atoms with Gasteiger partial charge < -0.3 is 15.2 Å². The maximum absolute atomic E-state index is 12.9. The number of hydrogen-bond acceptors (Lipinski definition) is 4. The smallest absolute Gasteiger partial charge is 0.336 e. The van der Waals surface area contributed by atoms with Gasteiger partial charge in [-0.05, 0) is 49.2 Å². The van der Waals surface area contributed by atoms with Crippen LogP contribution in [-0.2, 0) is 0 Å². The maximum atomic E-state index is 12.9. The van der Waals surface area contributed by atoms with Gasteiger partial charge in [0.25, 0.3) is 5.91 Å². The van der Waals surface area contributed by atoms with Crippen molar-refractivity contribution in [2.24, 2.45) is 0 Å². The van der Waals surface area contributed by atoms with E-state index < -0.39 is 17.9 Å². The number of carbonyl (C=O) groups is 2. The number of pyridine rings is 1. The minimum absolute atomic E-state index is 0.0514. The molecule has 0 bridgehead atoms. The molecule has 8 heteroatoms. The Hall–Kier alpha value is -3.09. The van der Waals surface area contributed by atoms with Gasteiger partial charge >= 0.3 is 5.97 Å². The standard InChI is InChI=1S/C22H18Cl2N2O4/c1-12-7-8-15(10-19(12)24)30-21-18(9-14(23)11-25-21)20(27)26-13(2)16-5-3-4-6-17(16)22(28)29/h3-11,13H,1-2H3,(H,26,27)(H,28,29)/t13-/m0/s1. The highest BCUT2D eigenvalue weighted by molar-refractivity contribution is 6.31. The van der Waals surface area contributed by atoms with Crippen LogP contribution >= 0.6 is 23.2 Å². The molecule has 0 radical (unpaired) electrons. The number of halogens is 2. The first-order valence-electron chi connectivity index (χ1n) is 8.99. The van der Waals surface area contributed by atoms with Gasteiger partial charge in [0, 0.05) is 11.2 Å². The average Bonchev–Trinajstić information content (AvgIpc) is 2.71. The Morgan fingerprint density at radius 1 is 1.10 bits per heavy atom. The van der Waals surface area contributed by atoms with Crippen LogP contribution in [-0.4, -0.2) is 22.0 Å². The molecular weight excluding hydrogens is 427 g/mol. The number of aromatic carboxylic acids is 1. The van der Waals surface area contributed by atoms with Crippen LogP contribution in [0.2, 0.25) is 10.0 Å². The Balaban J connectivity index is 1.88. The number of nitrogens with zero attached hydrogens (tertiary/aromatic N) is 1. The average molecular weight is 445 g/mol. The number of amides is 1. The number of carboxylic acid groups (broad SMARTS) is 1. The summed E-state index contributed by atoms with van der Waals surface area (Å²) in [7, 11) is 0. The minimum atomic E-state index is -1.07. The Bertz CT molecular complexity index is 1120. The summed E-state index contributed by atoms with van der Waals surface area (Å²) in [6, 6.07) is 12.5. The van der Waals surface area contributed by atoms with Gasteiger partial charge in [0.15, 0.2) is 0 Å². The fourth-order valence-corrected chi connectivity index (χ4v) is 3.17. The Morgan fingerprint density at radius 2 is 1.83 bits per heavy atom. The largest absolute Gasteiger partial charge is 0.478 e. The van der Waals surface area contributed by atoms with E-state index in [2.05, 4.69) is 10.3 Å².